The van der Waals surface area contributed by atoms with Gasteiger partial charge in [0, 0.05) is 12.6 Å². The fourth-order valence-electron chi connectivity index (χ4n) is 1.45. The Morgan fingerprint density at radius 3 is 2.62 bits per heavy atom. The topological polar surface area (TPSA) is 59.0 Å². The summed E-state index contributed by atoms with van der Waals surface area (Å²) in [5.74, 6) is -0.580. The first-order chi connectivity index (χ1) is 7.63. The number of methoxy groups -OCH3 is 1. The van der Waals surface area contributed by atoms with Gasteiger partial charge in [-0.15, -0.1) is 0 Å². The van der Waals surface area contributed by atoms with Crippen molar-refractivity contribution in [3.05, 3.63) is 29.8 Å². The second-order valence-electron chi connectivity index (χ2n) is 3.34. The smallest absolute Gasteiger partial charge is 0.316 e. The number of carbonyl (C=O) groups excluding carboxylic acids is 2. The maximum atomic E-state index is 11.6. The number of hydrogen-bond acceptors (Lipinski definition) is 4. The van der Waals surface area contributed by atoms with Crippen LogP contribution in [0.4, 0.5) is 0 Å². The Morgan fingerprint density at radius 2 is 2.06 bits per heavy atom. The van der Waals surface area contributed by atoms with Crippen molar-refractivity contribution in [1.29, 1.82) is 0 Å². The minimum Gasteiger partial charge on any atom is -0.497 e. The number of carbonyl (C=O) groups is 2. The van der Waals surface area contributed by atoms with Crippen LogP contribution >= 0.6 is 0 Å². The van der Waals surface area contributed by atoms with Crippen molar-refractivity contribution in [2.24, 2.45) is 5.10 Å². The van der Waals surface area contributed by atoms with Gasteiger partial charge in [0.25, 0.3) is 5.78 Å². The molecule has 16 heavy (non-hydrogen) atoms. The van der Waals surface area contributed by atoms with E-state index >= 15 is 0 Å². The molecule has 1 aliphatic heterocycles. The third kappa shape index (κ3) is 1.56. The van der Waals surface area contributed by atoms with E-state index in [1.54, 1.807) is 24.3 Å². The van der Waals surface area contributed by atoms with Crippen LogP contribution in [0.3, 0.4) is 0 Å². The molecule has 82 valence electrons. The number of likely N-dealkylation sites (N-methyl/N-ethyl adjacent to an activating group) is 1. The van der Waals surface area contributed by atoms with Gasteiger partial charge in [-0.3, -0.25) is 9.59 Å². The van der Waals surface area contributed by atoms with Crippen LogP contribution in [0.2, 0.25) is 0 Å². The molecule has 0 bridgehead atoms. The summed E-state index contributed by atoms with van der Waals surface area (Å²) in [6.45, 7) is 0. The number of nitrogens with zero attached hydrogens (tertiary/aromatic N) is 2. The number of ether oxygens (including phenoxy) is 1. The largest absolute Gasteiger partial charge is 0.497 e. The minimum absolute atomic E-state index is 0.159. The number of benzene rings is 1. The van der Waals surface area contributed by atoms with Gasteiger partial charge in [-0.05, 0) is 12.1 Å². The summed E-state index contributed by atoms with van der Waals surface area (Å²) in [5.41, 5.74) is 0.744. The third-order valence-electron chi connectivity index (χ3n) is 2.30. The molecular formula is C11H10N2O3. The molecule has 0 saturated heterocycles. The zero-order valence-electron chi connectivity index (χ0n) is 8.93. The van der Waals surface area contributed by atoms with Crippen LogP contribution < -0.4 is 4.74 Å². The maximum absolute atomic E-state index is 11.6. The van der Waals surface area contributed by atoms with E-state index in [0.29, 0.717) is 11.3 Å². The average Bonchev–Trinajstić information content (AvgIpc) is 2.57. The van der Waals surface area contributed by atoms with Crippen molar-refractivity contribution < 1.29 is 14.3 Å². The number of hydrogen-bond donors (Lipinski definition) is 0. The molecule has 0 aromatic heterocycles. The first kappa shape index (κ1) is 10.4. The molecule has 0 fully saturated rings. The highest BCUT2D eigenvalue weighted by molar-refractivity contribution is 6.69. The van der Waals surface area contributed by atoms with E-state index in [0.717, 1.165) is 5.01 Å². The van der Waals surface area contributed by atoms with Gasteiger partial charge in [-0.1, -0.05) is 12.1 Å². The molecule has 1 amide bonds. The summed E-state index contributed by atoms with van der Waals surface area (Å²) >= 11 is 0. The number of ketones is 1. The third-order valence-corrected chi connectivity index (χ3v) is 2.30. The normalized spacial score (nSPS) is 15.4. The SMILES string of the molecule is COc1cccc(C2=NN(C)C(=O)C2=O)c1. The van der Waals surface area contributed by atoms with Crippen molar-refractivity contribution in [1.82, 2.24) is 5.01 Å². The lowest BCUT2D eigenvalue weighted by Gasteiger charge is -2.01. The monoisotopic (exact) mass is 218 g/mol. The number of rotatable bonds is 2. The van der Waals surface area contributed by atoms with Crippen LogP contribution in [0.1, 0.15) is 5.56 Å². The van der Waals surface area contributed by atoms with Gasteiger partial charge in [0.15, 0.2) is 0 Å². The Bertz CT molecular complexity index is 494. The lowest BCUT2D eigenvalue weighted by atomic mass is 10.1. The molecule has 1 heterocycles. The van der Waals surface area contributed by atoms with Gasteiger partial charge < -0.3 is 4.74 Å². The van der Waals surface area contributed by atoms with Gasteiger partial charge in [0.05, 0.1) is 7.11 Å². The first-order valence-electron chi connectivity index (χ1n) is 4.69. The Balaban J connectivity index is 2.42. The first-order valence-corrected chi connectivity index (χ1v) is 4.69. The predicted octanol–water partition coefficient (Wildman–Crippen LogP) is 0.440. The van der Waals surface area contributed by atoms with Crippen molar-refractivity contribution in [3.63, 3.8) is 0 Å². The second-order valence-corrected chi connectivity index (χ2v) is 3.34. The molecule has 0 aliphatic carbocycles. The van der Waals surface area contributed by atoms with E-state index in [9.17, 15) is 9.59 Å². The summed E-state index contributed by atoms with van der Waals surface area (Å²) in [6.07, 6.45) is 0. The van der Waals surface area contributed by atoms with Gasteiger partial charge >= 0.3 is 5.91 Å². The molecule has 0 radical (unpaired) electrons. The molecule has 0 atom stereocenters. The van der Waals surface area contributed by atoms with E-state index in [1.807, 2.05) is 0 Å². The highest BCUT2D eigenvalue weighted by atomic mass is 16.5. The van der Waals surface area contributed by atoms with Crippen molar-refractivity contribution in [2.45, 2.75) is 0 Å². The molecule has 1 aliphatic rings. The Hall–Kier alpha value is -2.17. The Morgan fingerprint density at radius 1 is 1.31 bits per heavy atom. The molecule has 0 unspecified atom stereocenters. The Labute approximate surface area is 92.3 Å². The fourth-order valence-corrected chi connectivity index (χ4v) is 1.45. The van der Waals surface area contributed by atoms with E-state index in [2.05, 4.69) is 5.10 Å². The van der Waals surface area contributed by atoms with Crippen LogP contribution in [0.25, 0.3) is 0 Å². The van der Waals surface area contributed by atoms with E-state index in [-0.39, 0.29) is 5.71 Å². The zero-order chi connectivity index (χ0) is 11.7. The molecule has 1 aromatic rings. The standard InChI is InChI=1S/C11H10N2O3/c1-13-11(15)10(14)9(12-13)7-4-3-5-8(6-7)16-2/h3-6H,1-2H3. The van der Waals surface area contributed by atoms with Gasteiger partial charge in [0.2, 0.25) is 0 Å². The van der Waals surface area contributed by atoms with Crippen LogP contribution in [-0.2, 0) is 9.59 Å². The lowest BCUT2D eigenvalue weighted by Crippen LogP contribution is -2.24. The van der Waals surface area contributed by atoms with E-state index < -0.39 is 11.7 Å². The molecule has 2 rings (SSSR count). The highest BCUT2D eigenvalue weighted by Crippen LogP contribution is 2.16. The second kappa shape index (κ2) is 3.77. The molecule has 0 saturated carbocycles. The highest BCUT2D eigenvalue weighted by Gasteiger charge is 2.32. The molecule has 1 aromatic carbocycles. The fraction of sp³-hybridized carbons (Fsp3) is 0.182. The summed E-state index contributed by atoms with van der Waals surface area (Å²) in [6, 6.07) is 6.89. The summed E-state index contributed by atoms with van der Waals surface area (Å²) < 4.78 is 5.04. The average molecular weight is 218 g/mol. The summed E-state index contributed by atoms with van der Waals surface area (Å²) in [5, 5.41) is 4.93. The van der Waals surface area contributed by atoms with Crippen LogP contribution in [0, 0.1) is 0 Å². The van der Waals surface area contributed by atoms with Gasteiger partial charge in [-0.2, -0.15) is 5.10 Å². The molecule has 5 nitrogen and oxygen atoms in total. The molecular weight excluding hydrogens is 208 g/mol. The summed E-state index contributed by atoms with van der Waals surface area (Å²) in [7, 11) is 2.99. The minimum atomic E-state index is -0.613. The molecule has 5 heteroatoms. The van der Waals surface area contributed by atoms with Crippen molar-refractivity contribution in [2.75, 3.05) is 14.2 Å². The quantitative estimate of drug-likeness (QED) is 0.677. The molecule has 0 spiro atoms. The van der Waals surface area contributed by atoms with Crippen LogP contribution in [0.15, 0.2) is 29.4 Å². The van der Waals surface area contributed by atoms with E-state index in [1.165, 1.54) is 14.2 Å². The molecule has 0 N–H and O–H groups in total. The number of amides is 1. The zero-order valence-corrected chi connectivity index (χ0v) is 8.93. The van der Waals surface area contributed by atoms with Crippen molar-refractivity contribution in [3.8, 4) is 5.75 Å². The van der Waals surface area contributed by atoms with Crippen LogP contribution in [0.5, 0.6) is 5.75 Å². The summed E-state index contributed by atoms with van der Waals surface area (Å²) in [4.78, 5) is 22.8. The van der Waals surface area contributed by atoms with Gasteiger partial charge in [-0.25, -0.2) is 5.01 Å². The van der Waals surface area contributed by atoms with Gasteiger partial charge in [0.1, 0.15) is 11.5 Å². The predicted molar refractivity (Wildman–Crippen MR) is 57.3 cm³/mol. The Kier molecular flexibility index (Phi) is 2.44. The number of hydrazone groups is 1. The van der Waals surface area contributed by atoms with E-state index in [4.69, 9.17) is 4.74 Å². The van der Waals surface area contributed by atoms with Crippen LogP contribution in [-0.4, -0.2) is 36.6 Å². The number of Topliss-reactive ketones (excluding diaryl/α,β-unsaturated/α-hetero) is 1. The lowest BCUT2D eigenvalue weighted by molar-refractivity contribution is -0.138. The van der Waals surface area contributed by atoms with Crippen molar-refractivity contribution >= 4 is 17.4 Å². The maximum Gasteiger partial charge on any atom is 0.316 e.